The van der Waals surface area contributed by atoms with E-state index in [2.05, 4.69) is 16.8 Å². The van der Waals surface area contributed by atoms with Gasteiger partial charge in [0.05, 0.1) is 17.4 Å². The molecule has 0 aliphatic carbocycles. The molecule has 0 radical (unpaired) electrons. The number of carbonyl (C=O) groups excluding carboxylic acids is 1. The lowest BCUT2D eigenvalue weighted by molar-refractivity contribution is 0.0988. The number of rotatable bonds is 4. The van der Waals surface area contributed by atoms with Gasteiger partial charge in [0, 0.05) is 31.5 Å². The average Bonchev–Trinajstić information content (AvgIpc) is 2.63. The van der Waals surface area contributed by atoms with Gasteiger partial charge in [-0.15, -0.1) is 0 Å². The maximum absolute atomic E-state index is 13.0. The third kappa shape index (κ3) is 4.01. The van der Waals surface area contributed by atoms with Gasteiger partial charge in [0.2, 0.25) is 0 Å². The summed E-state index contributed by atoms with van der Waals surface area (Å²) in [7, 11) is 0. The summed E-state index contributed by atoms with van der Waals surface area (Å²) in [6.07, 6.45) is 5.94. The number of hydrogen-bond acceptors (Lipinski definition) is 3. The first-order chi connectivity index (χ1) is 12.1. The molecule has 1 aliphatic heterocycles. The van der Waals surface area contributed by atoms with Crippen LogP contribution >= 0.6 is 0 Å². The molecule has 1 aromatic carbocycles. The third-order valence-corrected chi connectivity index (χ3v) is 4.99. The van der Waals surface area contributed by atoms with Crippen LogP contribution in [0.3, 0.4) is 0 Å². The fraction of sp³-hybridized carbons (Fsp3) is 0.429. The first kappa shape index (κ1) is 17.5. The minimum atomic E-state index is 0.00725. The molecule has 0 atom stereocenters. The van der Waals surface area contributed by atoms with E-state index in [1.807, 2.05) is 55.3 Å². The van der Waals surface area contributed by atoms with Crippen molar-refractivity contribution in [3.05, 3.63) is 53.9 Å². The fourth-order valence-electron chi connectivity index (χ4n) is 3.38. The minimum Gasteiger partial charge on any atom is -0.370 e. The maximum atomic E-state index is 13.0. The number of hydrogen-bond donors (Lipinski definition) is 0. The van der Waals surface area contributed by atoms with Gasteiger partial charge in [-0.1, -0.05) is 19.1 Å². The van der Waals surface area contributed by atoms with E-state index in [1.165, 1.54) is 12.8 Å². The molecular formula is C21H27N3O. The molecule has 4 nitrogen and oxygen atoms in total. The lowest BCUT2D eigenvalue weighted by Crippen LogP contribution is -2.34. The van der Waals surface area contributed by atoms with Crippen molar-refractivity contribution >= 4 is 17.3 Å². The smallest absolute Gasteiger partial charge is 0.259 e. The largest absolute Gasteiger partial charge is 0.370 e. The number of pyridine rings is 1. The van der Waals surface area contributed by atoms with Crippen molar-refractivity contribution in [1.29, 1.82) is 0 Å². The van der Waals surface area contributed by atoms with E-state index in [1.54, 1.807) is 6.20 Å². The van der Waals surface area contributed by atoms with Gasteiger partial charge < -0.3 is 9.80 Å². The maximum Gasteiger partial charge on any atom is 0.259 e. The zero-order valence-corrected chi connectivity index (χ0v) is 15.4. The van der Waals surface area contributed by atoms with Gasteiger partial charge in [-0.2, -0.15) is 0 Å². The highest BCUT2D eigenvalue weighted by Crippen LogP contribution is 2.24. The van der Waals surface area contributed by atoms with Gasteiger partial charge >= 0.3 is 0 Å². The highest BCUT2D eigenvalue weighted by Gasteiger charge is 2.20. The van der Waals surface area contributed by atoms with Gasteiger partial charge in [0.1, 0.15) is 0 Å². The van der Waals surface area contributed by atoms with Crippen LogP contribution in [0.4, 0.5) is 11.4 Å². The lowest BCUT2D eigenvalue weighted by atomic mass is 9.99. The molecule has 1 fully saturated rings. The highest BCUT2D eigenvalue weighted by atomic mass is 16.2. The number of benzene rings is 1. The van der Waals surface area contributed by atoms with Crippen LogP contribution in [0.2, 0.25) is 0 Å². The number of nitrogens with zero attached hydrogens (tertiary/aromatic N) is 3. The summed E-state index contributed by atoms with van der Waals surface area (Å²) in [5.41, 5.74) is 3.79. The molecule has 4 heteroatoms. The van der Waals surface area contributed by atoms with E-state index >= 15 is 0 Å². The van der Waals surface area contributed by atoms with E-state index in [0.29, 0.717) is 12.1 Å². The molecule has 0 bridgehead atoms. The van der Waals surface area contributed by atoms with Crippen LogP contribution in [-0.2, 0) is 0 Å². The Hall–Kier alpha value is -2.36. The molecule has 1 aliphatic rings. The normalized spacial score (nSPS) is 15.2. The van der Waals surface area contributed by atoms with Crippen molar-refractivity contribution in [2.45, 2.75) is 33.6 Å². The Morgan fingerprint density at radius 3 is 2.68 bits per heavy atom. The van der Waals surface area contributed by atoms with Gasteiger partial charge in [-0.3, -0.25) is 9.78 Å². The molecule has 0 N–H and O–H groups in total. The second-order valence-electron chi connectivity index (χ2n) is 6.99. The Bertz CT molecular complexity index is 735. The standard InChI is InChI=1S/C21H27N3O/c1-4-24(19-7-5-6-17(3)12-19)21(25)18-13-20(15-22-14-18)23-10-8-16(2)9-11-23/h5-7,12-16H,4,8-11H2,1-3H3. The number of anilines is 2. The molecule has 1 aromatic heterocycles. The van der Waals surface area contributed by atoms with Crippen molar-refractivity contribution < 1.29 is 4.79 Å². The van der Waals surface area contributed by atoms with Crippen LogP contribution in [0, 0.1) is 12.8 Å². The molecule has 132 valence electrons. The van der Waals surface area contributed by atoms with Gasteiger partial charge in [0.25, 0.3) is 5.91 Å². The van der Waals surface area contributed by atoms with Crippen molar-refractivity contribution in [3.63, 3.8) is 0 Å². The van der Waals surface area contributed by atoms with E-state index in [4.69, 9.17) is 0 Å². The predicted molar refractivity (Wildman–Crippen MR) is 103 cm³/mol. The minimum absolute atomic E-state index is 0.00725. The summed E-state index contributed by atoms with van der Waals surface area (Å²) in [5, 5.41) is 0. The number of aromatic nitrogens is 1. The zero-order valence-electron chi connectivity index (χ0n) is 15.4. The Morgan fingerprint density at radius 1 is 1.24 bits per heavy atom. The SMILES string of the molecule is CCN(C(=O)c1cncc(N2CCC(C)CC2)c1)c1cccc(C)c1. The third-order valence-electron chi connectivity index (χ3n) is 4.99. The fourth-order valence-corrected chi connectivity index (χ4v) is 3.38. The quantitative estimate of drug-likeness (QED) is 0.835. The van der Waals surface area contributed by atoms with Crippen LogP contribution in [0.5, 0.6) is 0 Å². The van der Waals surface area contributed by atoms with E-state index in [0.717, 1.165) is 35.9 Å². The summed E-state index contributed by atoms with van der Waals surface area (Å²) in [6, 6.07) is 10.1. The summed E-state index contributed by atoms with van der Waals surface area (Å²) in [5.74, 6) is 0.791. The zero-order chi connectivity index (χ0) is 17.8. The average molecular weight is 337 g/mol. The second kappa shape index (κ2) is 7.68. The predicted octanol–water partition coefficient (Wildman–Crippen LogP) is 4.29. The van der Waals surface area contributed by atoms with Crippen LogP contribution in [0.15, 0.2) is 42.7 Å². The molecule has 25 heavy (non-hydrogen) atoms. The Labute approximate surface area is 150 Å². The van der Waals surface area contributed by atoms with E-state index < -0.39 is 0 Å². The van der Waals surface area contributed by atoms with Crippen molar-refractivity contribution in [1.82, 2.24) is 4.98 Å². The van der Waals surface area contributed by atoms with E-state index in [9.17, 15) is 4.79 Å². The number of carbonyl (C=O) groups is 1. The van der Waals surface area contributed by atoms with Crippen LogP contribution in [0.25, 0.3) is 0 Å². The van der Waals surface area contributed by atoms with Crippen molar-refractivity contribution in [2.24, 2.45) is 5.92 Å². The molecular weight excluding hydrogens is 310 g/mol. The van der Waals surface area contributed by atoms with Crippen molar-refractivity contribution in [2.75, 3.05) is 29.4 Å². The molecule has 1 amide bonds. The number of aryl methyl sites for hydroxylation is 1. The monoisotopic (exact) mass is 337 g/mol. The Balaban J connectivity index is 1.83. The lowest BCUT2D eigenvalue weighted by Gasteiger charge is -2.32. The van der Waals surface area contributed by atoms with Crippen LogP contribution < -0.4 is 9.80 Å². The van der Waals surface area contributed by atoms with E-state index in [-0.39, 0.29) is 5.91 Å². The summed E-state index contributed by atoms with van der Waals surface area (Å²) in [4.78, 5) is 21.5. The summed E-state index contributed by atoms with van der Waals surface area (Å²) < 4.78 is 0. The molecule has 0 unspecified atom stereocenters. The second-order valence-corrected chi connectivity index (χ2v) is 6.99. The molecule has 0 saturated carbocycles. The van der Waals surface area contributed by atoms with Crippen LogP contribution in [-0.4, -0.2) is 30.5 Å². The molecule has 1 saturated heterocycles. The van der Waals surface area contributed by atoms with Crippen molar-refractivity contribution in [3.8, 4) is 0 Å². The number of amides is 1. The van der Waals surface area contributed by atoms with Gasteiger partial charge in [-0.05, 0) is 56.4 Å². The number of piperidine rings is 1. The first-order valence-corrected chi connectivity index (χ1v) is 9.17. The summed E-state index contributed by atoms with van der Waals surface area (Å²) >= 11 is 0. The molecule has 2 aromatic rings. The van der Waals surface area contributed by atoms with Gasteiger partial charge in [0.15, 0.2) is 0 Å². The Morgan fingerprint density at radius 2 is 2.00 bits per heavy atom. The van der Waals surface area contributed by atoms with Crippen LogP contribution in [0.1, 0.15) is 42.6 Å². The first-order valence-electron chi connectivity index (χ1n) is 9.17. The Kier molecular flexibility index (Phi) is 5.37. The van der Waals surface area contributed by atoms with Gasteiger partial charge in [-0.25, -0.2) is 0 Å². The highest BCUT2D eigenvalue weighted by molar-refractivity contribution is 6.06. The topological polar surface area (TPSA) is 36.4 Å². The summed E-state index contributed by atoms with van der Waals surface area (Å²) in [6.45, 7) is 9.06. The molecule has 3 rings (SSSR count). The molecule has 2 heterocycles. The molecule has 0 spiro atoms.